The topological polar surface area (TPSA) is 63.5 Å². The molecule has 2 aliphatic heterocycles. The lowest BCUT2D eigenvalue weighted by Gasteiger charge is -2.23. The molecule has 0 N–H and O–H groups in total. The lowest BCUT2D eigenvalue weighted by atomic mass is 9.98. The van der Waals surface area contributed by atoms with Gasteiger partial charge >= 0.3 is 0 Å². The average molecular weight is 416 g/mol. The highest BCUT2D eigenvalue weighted by Gasteiger charge is 2.35. The van der Waals surface area contributed by atoms with E-state index in [1.54, 1.807) is 14.2 Å². The minimum atomic E-state index is -0.138. The minimum absolute atomic E-state index is 0.0948. The van der Waals surface area contributed by atoms with Crippen molar-refractivity contribution in [3.8, 4) is 11.5 Å². The van der Waals surface area contributed by atoms with Crippen molar-refractivity contribution in [2.75, 3.05) is 20.0 Å². The number of methoxy groups -OCH3 is 2. The summed E-state index contributed by atoms with van der Waals surface area (Å²) in [5, 5.41) is 7.92. The number of amidine groups is 1. The van der Waals surface area contributed by atoms with Gasteiger partial charge in [-0.25, -0.2) is 5.01 Å². The number of hydrogen-bond acceptors (Lipinski definition) is 6. The molecular formula is C20H18ClN3O3S. The van der Waals surface area contributed by atoms with E-state index in [0.29, 0.717) is 33.9 Å². The molecule has 0 aliphatic carbocycles. The number of thioether (sulfide) groups is 1. The van der Waals surface area contributed by atoms with Crippen LogP contribution in [-0.2, 0) is 4.79 Å². The molecule has 144 valence electrons. The van der Waals surface area contributed by atoms with Crippen molar-refractivity contribution >= 4 is 40.1 Å². The average Bonchev–Trinajstić information content (AvgIpc) is 3.34. The highest BCUT2D eigenvalue weighted by Crippen LogP contribution is 2.39. The molecule has 8 heteroatoms. The van der Waals surface area contributed by atoms with Crippen LogP contribution in [0.4, 0.5) is 0 Å². The third-order valence-corrected chi connectivity index (χ3v) is 5.80. The van der Waals surface area contributed by atoms with E-state index in [4.69, 9.17) is 26.2 Å². The fourth-order valence-corrected chi connectivity index (χ4v) is 4.15. The number of amides is 1. The molecule has 2 aromatic carbocycles. The first-order valence-electron chi connectivity index (χ1n) is 8.68. The first-order valence-corrected chi connectivity index (χ1v) is 10.0. The van der Waals surface area contributed by atoms with E-state index in [9.17, 15) is 4.79 Å². The van der Waals surface area contributed by atoms with Gasteiger partial charge in [-0.1, -0.05) is 41.6 Å². The highest BCUT2D eigenvalue weighted by molar-refractivity contribution is 8.14. The number of nitrogens with zero attached hydrogens (tertiary/aromatic N) is 3. The summed E-state index contributed by atoms with van der Waals surface area (Å²) in [6.07, 6.45) is 0.672. The molecule has 0 saturated carbocycles. The van der Waals surface area contributed by atoms with Crippen LogP contribution in [0.5, 0.6) is 11.5 Å². The fourth-order valence-electron chi connectivity index (χ4n) is 3.24. The Kier molecular flexibility index (Phi) is 5.28. The molecule has 0 spiro atoms. The van der Waals surface area contributed by atoms with Crippen LogP contribution >= 0.6 is 23.4 Å². The first-order chi connectivity index (χ1) is 13.6. The second-order valence-corrected chi connectivity index (χ2v) is 7.69. The van der Waals surface area contributed by atoms with Crippen molar-refractivity contribution in [1.29, 1.82) is 0 Å². The molecule has 28 heavy (non-hydrogen) atoms. The molecule has 0 bridgehead atoms. The molecule has 0 saturated heterocycles. The molecule has 0 radical (unpaired) electrons. The maximum absolute atomic E-state index is 11.7. The van der Waals surface area contributed by atoms with Crippen LogP contribution in [0.15, 0.2) is 52.6 Å². The van der Waals surface area contributed by atoms with E-state index < -0.39 is 0 Å². The SMILES string of the molecule is COc1ccc(C2CC(c3ccc(Cl)cc3)=NN2C2=NC(=O)CS2)cc1OC. The normalized spacial score (nSPS) is 18.9. The molecule has 0 aromatic heterocycles. The van der Waals surface area contributed by atoms with Crippen molar-refractivity contribution in [2.45, 2.75) is 12.5 Å². The predicted octanol–water partition coefficient (Wildman–Crippen LogP) is 4.14. The van der Waals surface area contributed by atoms with Crippen molar-refractivity contribution in [1.82, 2.24) is 5.01 Å². The number of rotatable bonds is 4. The summed E-state index contributed by atoms with van der Waals surface area (Å²) in [6.45, 7) is 0. The van der Waals surface area contributed by atoms with E-state index in [0.717, 1.165) is 16.8 Å². The Hall–Kier alpha value is -2.51. The van der Waals surface area contributed by atoms with E-state index >= 15 is 0 Å². The van der Waals surface area contributed by atoms with Gasteiger partial charge in [-0.2, -0.15) is 10.1 Å². The summed E-state index contributed by atoms with van der Waals surface area (Å²) < 4.78 is 10.8. The second kappa shape index (κ2) is 7.85. The van der Waals surface area contributed by atoms with Gasteiger partial charge in [-0.3, -0.25) is 4.79 Å². The molecule has 1 amide bonds. The van der Waals surface area contributed by atoms with Gasteiger partial charge in [0.1, 0.15) is 0 Å². The number of carbonyl (C=O) groups is 1. The molecule has 4 rings (SSSR count). The van der Waals surface area contributed by atoms with Crippen LogP contribution in [-0.4, -0.2) is 41.8 Å². The number of halogens is 1. The quantitative estimate of drug-likeness (QED) is 0.751. The van der Waals surface area contributed by atoms with Gasteiger partial charge in [0.15, 0.2) is 16.7 Å². The molecule has 2 aliphatic rings. The van der Waals surface area contributed by atoms with Gasteiger partial charge in [-0.15, -0.1) is 0 Å². The summed E-state index contributed by atoms with van der Waals surface area (Å²) in [7, 11) is 3.22. The predicted molar refractivity (Wildman–Crippen MR) is 112 cm³/mol. The zero-order valence-corrected chi connectivity index (χ0v) is 17.0. The zero-order chi connectivity index (χ0) is 19.7. The third-order valence-electron chi connectivity index (χ3n) is 4.62. The smallest absolute Gasteiger partial charge is 0.258 e. The lowest BCUT2D eigenvalue weighted by molar-refractivity contribution is -0.115. The zero-order valence-electron chi connectivity index (χ0n) is 15.4. The van der Waals surface area contributed by atoms with E-state index in [1.165, 1.54) is 11.8 Å². The molecule has 6 nitrogen and oxygen atoms in total. The number of hydrogen-bond donors (Lipinski definition) is 0. The van der Waals surface area contributed by atoms with E-state index in [1.807, 2.05) is 47.5 Å². The van der Waals surface area contributed by atoms with Crippen LogP contribution < -0.4 is 9.47 Å². The van der Waals surface area contributed by atoms with Crippen LogP contribution in [0.3, 0.4) is 0 Å². The van der Waals surface area contributed by atoms with E-state index in [-0.39, 0.29) is 11.9 Å². The minimum Gasteiger partial charge on any atom is -0.493 e. The molecule has 1 atom stereocenters. The van der Waals surface area contributed by atoms with Crippen molar-refractivity contribution in [2.24, 2.45) is 10.1 Å². The van der Waals surface area contributed by atoms with Gasteiger partial charge < -0.3 is 9.47 Å². The van der Waals surface area contributed by atoms with Crippen molar-refractivity contribution < 1.29 is 14.3 Å². The highest BCUT2D eigenvalue weighted by atomic mass is 35.5. The Balaban J connectivity index is 1.72. The summed E-state index contributed by atoms with van der Waals surface area (Å²) in [5.41, 5.74) is 2.92. The molecule has 0 fully saturated rings. The standard InChI is InChI=1S/C20H18ClN3O3S/c1-26-17-8-5-13(9-18(17)27-2)16-10-15(12-3-6-14(21)7-4-12)23-24(16)20-22-19(25)11-28-20/h3-9,16H,10-11H2,1-2H3. The number of aliphatic imine (C=N–C) groups is 1. The Morgan fingerprint density at radius 2 is 1.86 bits per heavy atom. The second-order valence-electron chi connectivity index (χ2n) is 6.31. The maximum atomic E-state index is 11.7. The first kappa shape index (κ1) is 18.8. The summed E-state index contributed by atoms with van der Waals surface area (Å²) >= 11 is 7.42. The van der Waals surface area contributed by atoms with Crippen molar-refractivity contribution in [3.63, 3.8) is 0 Å². The Morgan fingerprint density at radius 3 is 2.50 bits per heavy atom. The van der Waals surface area contributed by atoms with Gasteiger partial charge in [0, 0.05) is 11.4 Å². The molecule has 1 unspecified atom stereocenters. The number of ether oxygens (including phenoxy) is 2. The van der Waals surface area contributed by atoms with Crippen LogP contribution in [0.1, 0.15) is 23.6 Å². The molecule has 2 aromatic rings. The van der Waals surface area contributed by atoms with Crippen LogP contribution in [0.2, 0.25) is 5.02 Å². The number of benzene rings is 2. The van der Waals surface area contributed by atoms with Gasteiger partial charge in [0.05, 0.1) is 31.7 Å². The monoisotopic (exact) mass is 415 g/mol. The maximum Gasteiger partial charge on any atom is 0.258 e. The van der Waals surface area contributed by atoms with Gasteiger partial charge in [0.25, 0.3) is 5.91 Å². The van der Waals surface area contributed by atoms with Crippen molar-refractivity contribution in [3.05, 3.63) is 58.6 Å². The summed E-state index contributed by atoms with van der Waals surface area (Å²) in [6, 6.07) is 13.3. The van der Waals surface area contributed by atoms with Crippen LogP contribution in [0.25, 0.3) is 0 Å². The molecular weight excluding hydrogens is 398 g/mol. The van der Waals surface area contributed by atoms with E-state index in [2.05, 4.69) is 4.99 Å². The van der Waals surface area contributed by atoms with Gasteiger partial charge in [0.2, 0.25) is 0 Å². The molecule has 2 heterocycles. The summed E-state index contributed by atoms with van der Waals surface area (Å²) in [5.74, 6) is 1.52. The van der Waals surface area contributed by atoms with Gasteiger partial charge in [-0.05, 0) is 35.4 Å². The fraction of sp³-hybridized carbons (Fsp3) is 0.250. The number of carbonyl (C=O) groups excluding carboxylic acids is 1. The Bertz CT molecular complexity index is 975. The summed E-state index contributed by atoms with van der Waals surface area (Å²) in [4.78, 5) is 15.8. The lowest BCUT2D eigenvalue weighted by Crippen LogP contribution is -2.23. The Labute approximate surface area is 172 Å². The van der Waals surface area contributed by atoms with Crippen LogP contribution in [0, 0.1) is 0 Å². The Morgan fingerprint density at radius 1 is 1.11 bits per heavy atom. The number of hydrazone groups is 1. The third kappa shape index (κ3) is 3.59. The largest absolute Gasteiger partial charge is 0.493 e.